The van der Waals surface area contributed by atoms with Crippen LogP contribution in [0.5, 0.6) is 0 Å². The number of Topliss-reactive ketones (excluding diaryl/α,β-unsaturated/α-hetero) is 1. The Balaban J connectivity index is 1.32. The van der Waals surface area contributed by atoms with E-state index in [9.17, 15) is 24.0 Å². The van der Waals surface area contributed by atoms with Gasteiger partial charge in [0.15, 0.2) is 23.8 Å². The van der Waals surface area contributed by atoms with Gasteiger partial charge in [0.1, 0.15) is 31.3 Å². The predicted octanol–water partition coefficient (Wildman–Crippen LogP) is 7.16. The van der Waals surface area contributed by atoms with Crippen LogP contribution in [0.3, 0.4) is 0 Å². The van der Waals surface area contributed by atoms with Gasteiger partial charge in [-0.05, 0) is 64.0 Å². The maximum absolute atomic E-state index is 14.4. The van der Waals surface area contributed by atoms with Gasteiger partial charge >= 0.3 is 24.4 Å². The Morgan fingerprint density at radius 2 is 1.48 bits per heavy atom. The number of fused-ring (bicyclic) bond motifs is 2. The molecule has 0 radical (unpaired) electrons. The van der Waals surface area contributed by atoms with Gasteiger partial charge in [-0.3, -0.25) is 9.59 Å². The largest absolute Gasteiger partial charge is 0.509 e. The van der Waals surface area contributed by atoms with Crippen LogP contribution in [-0.2, 0) is 65.4 Å². The lowest BCUT2D eigenvalue weighted by Crippen LogP contribution is -2.60. The molecule has 4 fully saturated rings. The van der Waals surface area contributed by atoms with Crippen LogP contribution >= 0.6 is 0 Å². The SMILES string of the molecule is CC[C@H]1OC(=O)O[C@@]1(C)[C@@H]1OC(=O)[C@H](C)C(=O)[C@H](C)[C@@H](O[C@@H]2OC(C)CC(N(C)C(=O)OCc3ccccc3)C2OC(=O)OCc2ccccc2)[C@@]2(C)CC(C)C(O2)[C@@H]1C. The summed E-state index contributed by atoms with van der Waals surface area (Å²) in [5.74, 6) is -4.24. The molecule has 0 N–H and O–H groups in total. The Morgan fingerprint density at radius 3 is 2.10 bits per heavy atom. The van der Waals surface area contributed by atoms with Gasteiger partial charge in [0.05, 0.1) is 30.0 Å². The molecular weight excluding hydrogens is 778 g/mol. The number of amides is 1. The van der Waals surface area contributed by atoms with E-state index in [1.54, 1.807) is 40.0 Å². The van der Waals surface area contributed by atoms with Gasteiger partial charge in [0, 0.05) is 18.9 Å². The van der Waals surface area contributed by atoms with Crippen molar-refractivity contribution in [3.05, 3.63) is 71.8 Å². The summed E-state index contributed by atoms with van der Waals surface area (Å²) in [7, 11) is 1.55. The summed E-state index contributed by atoms with van der Waals surface area (Å²) in [4.78, 5) is 69.4. The van der Waals surface area contributed by atoms with Crippen LogP contribution < -0.4 is 0 Å². The third kappa shape index (κ3) is 9.42. The molecule has 2 bridgehead atoms. The minimum atomic E-state index is -1.36. The molecule has 4 aliphatic rings. The molecule has 60 heavy (non-hydrogen) atoms. The van der Waals surface area contributed by atoms with Gasteiger partial charge in [-0.25, -0.2) is 14.4 Å². The van der Waals surface area contributed by atoms with Crippen molar-refractivity contribution in [3.63, 3.8) is 0 Å². The summed E-state index contributed by atoms with van der Waals surface area (Å²) < 4.78 is 55.0. The van der Waals surface area contributed by atoms with Crippen LogP contribution in [-0.4, -0.2) is 102 Å². The van der Waals surface area contributed by atoms with Gasteiger partial charge in [0.25, 0.3) is 0 Å². The fourth-order valence-corrected chi connectivity index (χ4v) is 9.47. The molecule has 4 saturated heterocycles. The zero-order valence-corrected chi connectivity index (χ0v) is 35.9. The minimum absolute atomic E-state index is 0.0116. The second kappa shape index (κ2) is 18.5. The zero-order valence-electron chi connectivity index (χ0n) is 35.9. The van der Waals surface area contributed by atoms with Crippen molar-refractivity contribution in [2.24, 2.45) is 23.7 Å². The van der Waals surface area contributed by atoms with Gasteiger partial charge in [-0.15, -0.1) is 0 Å². The number of cyclic esters (lactones) is 3. The average molecular weight is 838 g/mol. The number of rotatable bonds is 10. The summed E-state index contributed by atoms with van der Waals surface area (Å²) in [5, 5.41) is 0. The zero-order chi connectivity index (χ0) is 43.5. The number of nitrogens with zero attached hydrogens (tertiary/aromatic N) is 1. The molecular formula is C45H59NO14. The number of ketones is 1. The van der Waals surface area contributed by atoms with Gasteiger partial charge in [-0.2, -0.15) is 0 Å². The van der Waals surface area contributed by atoms with Crippen LogP contribution in [0.2, 0.25) is 0 Å². The Kier molecular flexibility index (Phi) is 13.8. The third-order valence-corrected chi connectivity index (χ3v) is 12.6. The molecule has 15 heteroatoms. The molecule has 5 unspecified atom stereocenters. The van der Waals surface area contributed by atoms with Gasteiger partial charge in [0.2, 0.25) is 0 Å². The van der Waals surface area contributed by atoms with E-state index in [1.165, 1.54) is 11.8 Å². The Hall–Kier alpha value is -4.73. The van der Waals surface area contributed by atoms with Crippen LogP contribution in [0.15, 0.2) is 60.7 Å². The second-order valence-corrected chi connectivity index (χ2v) is 17.2. The summed E-state index contributed by atoms with van der Waals surface area (Å²) in [6.07, 6.45) is -8.05. The molecule has 15 nitrogen and oxygen atoms in total. The number of likely N-dealkylation sites (N-methyl/N-ethyl adjacent to an activating group) is 1. The monoisotopic (exact) mass is 837 g/mol. The van der Waals surface area contributed by atoms with Crippen molar-refractivity contribution in [1.82, 2.24) is 4.90 Å². The normalized spacial score (nSPS) is 36.9. The van der Waals surface area contributed by atoms with E-state index in [4.69, 9.17) is 42.6 Å². The molecule has 2 aromatic carbocycles. The molecule has 0 aliphatic carbocycles. The minimum Gasteiger partial charge on any atom is -0.457 e. The molecule has 14 atom stereocenters. The fourth-order valence-electron chi connectivity index (χ4n) is 9.47. The smallest absolute Gasteiger partial charge is 0.457 e. The van der Waals surface area contributed by atoms with Gasteiger partial charge < -0.3 is 47.5 Å². The van der Waals surface area contributed by atoms with Crippen LogP contribution in [0.1, 0.15) is 85.8 Å². The van der Waals surface area contributed by atoms with Crippen LogP contribution in [0.25, 0.3) is 0 Å². The number of carbonyl (C=O) groups is 5. The number of hydrogen-bond donors (Lipinski definition) is 0. The molecule has 0 aromatic heterocycles. The first-order chi connectivity index (χ1) is 28.4. The molecule has 0 spiro atoms. The quantitative estimate of drug-likeness (QED) is 0.134. The van der Waals surface area contributed by atoms with E-state index in [0.29, 0.717) is 12.8 Å². The number of esters is 1. The summed E-state index contributed by atoms with van der Waals surface area (Å²) in [6, 6.07) is 17.5. The molecule has 328 valence electrons. The standard InChI is InChI=1S/C45H59NO14/c1-10-33-45(8,60-43(51)55-33)38-29(6)35-25(2)22-44(7,59-35)37(27(4)34(47)28(5)39(48)57-38)58-40-36(56-42(50)53-24-31-19-15-12-16-20-31)32(21-26(3)54-40)46(9)41(49)52-23-30-17-13-11-14-18-30/h11-20,25-29,32-33,35-38,40H,10,21-24H2,1-9H3/t25?,26?,27-,28+,29-,32?,33+,35?,36?,37+,38+,40-,44+,45+/m0/s1. The molecule has 0 saturated carbocycles. The topological polar surface area (TPSA) is 172 Å². The van der Waals surface area contributed by atoms with E-state index in [1.807, 2.05) is 76.2 Å². The summed E-state index contributed by atoms with van der Waals surface area (Å²) in [5.41, 5.74) is -1.01. The molecule has 4 aliphatic heterocycles. The van der Waals surface area contributed by atoms with Crippen molar-refractivity contribution in [2.45, 2.75) is 148 Å². The maximum Gasteiger partial charge on any atom is 0.509 e. The van der Waals surface area contributed by atoms with Crippen molar-refractivity contribution in [3.8, 4) is 0 Å². The molecule has 4 heterocycles. The van der Waals surface area contributed by atoms with Crippen molar-refractivity contribution < 1.29 is 66.6 Å². The van der Waals surface area contributed by atoms with E-state index >= 15 is 0 Å². The highest BCUT2D eigenvalue weighted by molar-refractivity contribution is 6.00. The fraction of sp³-hybridized carbons (Fsp3) is 0.622. The van der Waals surface area contributed by atoms with Gasteiger partial charge in [-0.1, -0.05) is 88.4 Å². The second-order valence-electron chi connectivity index (χ2n) is 17.2. The number of ether oxygens (including phenoxy) is 9. The van der Waals surface area contributed by atoms with E-state index in [0.717, 1.165) is 11.1 Å². The van der Waals surface area contributed by atoms with E-state index < -0.39 is 108 Å². The van der Waals surface area contributed by atoms with Crippen LogP contribution in [0, 0.1) is 23.7 Å². The summed E-state index contributed by atoms with van der Waals surface area (Å²) >= 11 is 0. The highest BCUT2D eigenvalue weighted by Gasteiger charge is 2.61. The van der Waals surface area contributed by atoms with Crippen molar-refractivity contribution in [1.29, 1.82) is 0 Å². The van der Waals surface area contributed by atoms with Crippen molar-refractivity contribution in [2.75, 3.05) is 7.05 Å². The predicted molar refractivity (Wildman–Crippen MR) is 213 cm³/mol. The van der Waals surface area contributed by atoms with Crippen molar-refractivity contribution >= 4 is 30.2 Å². The Bertz CT molecular complexity index is 1840. The number of benzene rings is 2. The Labute approximate surface area is 351 Å². The number of hydrogen-bond acceptors (Lipinski definition) is 14. The average Bonchev–Trinajstić information content (AvgIpc) is 3.72. The lowest BCUT2D eigenvalue weighted by molar-refractivity contribution is -0.296. The van der Waals surface area contributed by atoms with E-state index in [-0.39, 0.29) is 25.6 Å². The highest BCUT2D eigenvalue weighted by atomic mass is 16.8. The van der Waals surface area contributed by atoms with Crippen LogP contribution in [0.4, 0.5) is 14.4 Å². The molecule has 2 aromatic rings. The maximum atomic E-state index is 14.4. The molecule has 6 rings (SSSR count). The Morgan fingerprint density at radius 1 is 0.867 bits per heavy atom. The molecule has 1 amide bonds. The number of carbonyl (C=O) groups excluding carboxylic acids is 5. The lowest BCUT2D eigenvalue weighted by Gasteiger charge is -2.46. The first kappa shape index (κ1) is 44.8. The first-order valence-electron chi connectivity index (χ1n) is 20.9. The first-order valence-corrected chi connectivity index (χ1v) is 20.9. The van der Waals surface area contributed by atoms with E-state index in [2.05, 4.69) is 0 Å². The summed E-state index contributed by atoms with van der Waals surface area (Å²) in [6.45, 7) is 14.1. The lowest BCUT2D eigenvalue weighted by atomic mass is 9.76. The third-order valence-electron chi connectivity index (χ3n) is 12.6. The highest BCUT2D eigenvalue weighted by Crippen LogP contribution is 2.48.